The highest BCUT2D eigenvalue weighted by atomic mass is 16.7. The molecule has 5 fully saturated rings. The van der Waals surface area contributed by atoms with Gasteiger partial charge in [0, 0.05) is 13.0 Å². The smallest absolute Gasteiger partial charge is 0.160 e. The highest BCUT2D eigenvalue weighted by Crippen LogP contribution is 2.63. The predicted molar refractivity (Wildman–Crippen MR) is 89.5 cm³/mol. The van der Waals surface area contributed by atoms with Gasteiger partial charge < -0.3 is 18.9 Å². The third kappa shape index (κ3) is 3.04. The van der Waals surface area contributed by atoms with Gasteiger partial charge in [-0.3, -0.25) is 0 Å². The molecule has 24 heavy (non-hydrogen) atoms. The highest BCUT2D eigenvalue weighted by Gasteiger charge is 2.56. The molecule has 0 N–H and O–H groups in total. The van der Waals surface area contributed by atoms with Crippen molar-refractivity contribution in [3.05, 3.63) is 0 Å². The summed E-state index contributed by atoms with van der Waals surface area (Å²) in [5.41, 5.74) is 0. The van der Waals surface area contributed by atoms with E-state index >= 15 is 0 Å². The Bertz CT molecular complexity index is 447. The van der Waals surface area contributed by atoms with E-state index in [9.17, 15) is 0 Å². The Hall–Kier alpha value is -0.160. The van der Waals surface area contributed by atoms with Crippen molar-refractivity contribution in [3.8, 4) is 0 Å². The Balaban J connectivity index is 1.10. The third-order valence-corrected chi connectivity index (χ3v) is 7.67. The van der Waals surface area contributed by atoms with Crippen LogP contribution in [0.2, 0.25) is 0 Å². The molecule has 5 rings (SSSR count). The van der Waals surface area contributed by atoms with E-state index in [-0.39, 0.29) is 6.29 Å². The molecule has 0 aromatic carbocycles. The van der Waals surface area contributed by atoms with E-state index in [1.165, 1.54) is 32.1 Å². The number of fused-ring (bicyclic) bond motifs is 5. The van der Waals surface area contributed by atoms with E-state index in [0.717, 1.165) is 68.4 Å². The molecule has 136 valence electrons. The lowest BCUT2D eigenvalue weighted by Crippen LogP contribution is -2.35. The molecular weight excluding hydrogens is 304 g/mol. The molecule has 2 aliphatic heterocycles. The minimum atomic E-state index is 0.0949. The largest absolute Gasteiger partial charge is 0.379 e. The van der Waals surface area contributed by atoms with Gasteiger partial charge in [-0.15, -0.1) is 0 Å². The minimum absolute atomic E-state index is 0.0949. The van der Waals surface area contributed by atoms with Gasteiger partial charge in [0.15, 0.2) is 6.29 Å². The molecule has 3 aliphatic carbocycles. The first kappa shape index (κ1) is 16.0. The van der Waals surface area contributed by atoms with Crippen molar-refractivity contribution >= 4 is 0 Å². The van der Waals surface area contributed by atoms with Crippen LogP contribution in [0.3, 0.4) is 0 Å². The van der Waals surface area contributed by atoms with E-state index in [1.54, 1.807) is 0 Å². The quantitative estimate of drug-likeness (QED) is 0.504. The average molecular weight is 336 g/mol. The van der Waals surface area contributed by atoms with Gasteiger partial charge in [-0.05, 0) is 74.5 Å². The van der Waals surface area contributed by atoms with Gasteiger partial charge in [0.05, 0.1) is 25.9 Å². The molecule has 9 unspecified atom stereocenters. The summed E-state index contributed by atoms with van der Waals surface area (Å²) < 4.78 is 22.6. The van der Waals surface area contributed by atoms with Gasteiger partial charge in [-0.2, -0.15) is 0 Å². The van der Waals surface area contributed by atoms with Crippen molar-refractivity contribution in [3.63, 3.8) is 0 Å². The Morgan fingerprint density at radius 3 is 2.62 bits per heavy atom. The van der Waals surface area contributed by atoms with Crippen LogP contribution < -0.4 is 0 Å². The van der Waals surface area contributed by atoms with Crippen molar-refractivity contribution in [1.82, 2.24) is 0 Å². The van der Waals surface area contributed by atoms with Crippen molar-refractivity contribution in [2.24, 2.45) is 35.5 Å². The van der Waals surface area contributed by atoms with E-state index in [2.05, 4.69) is 6.92 Å². The van der Waals surface area contributed by atoms with Gasteiger partial charge in [0.1, 0.15) is 6.10 Å². The fourth-order valence-corrected chi connectivity index (χ4v) is 6.26. The minimum Gasteiger partial charge on any atom is -0.379 e. The van der Waals surface area contributed by atoms with Crippen LogP contribution in [0.15, 0.2) is 0 Å². The summed E-state index contributed by atoms with van der Waals surface area (Å²) in [5, 5.41) is 0. The van der Waals surface area contributed by atoms with Crippen molar-refractivity contribution in [2.75, 3.05) is 26.4 Å². The summed E-state index contributed by atoms with van der Waals surface area (Å²) in [6, 6.07) is 0. The average Bonchev–Trinajstić information content (AvgIpc) is 2.97. The molecule has 4 heteroatoms. The maximum absolute atomic E-state index is 6.11. The molecule has 4 nitrogen and oxygen atoms in total. The number of rotatable bonds is 8. The summed E-state index contributed by atoms with van der Waals surface area (Å²) >= 11 is 0. The summed E-state index contributed by atoms with van der Waals surface area (Å²) in [5.74, 6) is 5.61. The van der Waals surface area contributed by atoms with Crippen LogP contribution >= 0.6 is 0 Å². The third-order valence-electron chi connectivity index (χ3n) is 7.67. The Morgan fingerprint density at radius 2 is 1.88 bits per heavy atom. The van der Waals surface area contributed by atoms with Crippen LogP contribution in [-0.4, -0.2) is 44.9 Å². The summed E-state index contributed by atoms with van der Waals surface area (Å²) in [7, 11) is 0. The Kier molecular flexibility index (Phi) is 4.37. The SMILES string of the molecule is CC(OC1CCO1)C1CC2C3CC(CCOCC4CO4)C(C3)C2C1. The molecule has 0 aromatic heterocycles. The maximum Gasteiger partial charge on any atom is 0.160 e. The lowest BCUT2D eigenvalue weighted by atomic mass is 9.75. The second-order valence-electron chi connectivity index (χ2n) is 8.96. The Morgan fingerprint density at radius 1 is 1.04 bits per heavy atom. The number of epoxide rings is 1. The summed E-state index contributed by atoms with van der Waals surface area (Å²) in [6.07, 6.45) is 8.99. The van der Waals surface area contributed by atoms with Crippen LogP contribution in [0.1, 0.15) is 45.4 Å². The monoisotopic (exact) mass is 336 g/mol. The molecule has 0 spiro atoms. The Labute approximate surface area is 145 Å². The zero-order valence-electron chi connectivity index (χ0n) is 14.9. The van der Waals surface area contributed by atoms with E-state index in [4.69, 9.17) is 18.9 Å². The second kappa shape index (κ2) is 6.53. The molecule has 0 aromatic rings. The molecule has 0 radical (unpaired) electrons. The molecule has 2 heterocycles. The van der Waals surface area contributed by atoms with E-state index in [0.29, 0.717) is 12.2 Å². The fourth-order valence-electron chi connectivity index (χ4n) is 6.26. The van der Waals surface area contributed by atoms with Crippen LogP contribution in [0, 0.1) is 35.5 Å². The maximum atomic E-state index is 6.11. The molecule has 5 aliphatic rings. The van der Waals surface area contributed by atoms with Gasteiger partial charge in [0.2, 0.25) is 0 Å². The summed E-state index contributed by atoms with van der Waals surface area (Å²) in [6.45, 7) is 5.82. The summed E-state index contributed by atoms with van der Waals surface area (Å²) in [4.78, 5) is 0. The van der Waals surface area contributed by atoms with Crippen molar-refractivity contribution in [1.29, 1.82) is 0 Å². The zero-order chi connectivity index (χ0) is 16.1. The first-order valence-corrected chi connectivity index (χ1v) is 10.2. The van der Waals surface area contributed by atoms with Gasteiger partial charge in [0.25, 0.3) is 0 Å². The lowest BCUT2D eigenvalue weighted by molar-refractivity contribution is -0.240. The predicted octanol–water partition coefficient (Wildman–Crippen LogP) is 3.24. The molecule has 3 saturated carbocycles. The first-order valence-electron chi connectivity index (χ1n) is 10.2. The van der Waals surface area contributed by atoms with Crippen LogP contribution in [0.5, 0.6) is 0 Å². The van der Waals surface area contributed by atoms with Crippen molar-refractivity contribution < 1.29 is 18.9 Å². The molecule has 9 atom stereocenters. The zero-order valence-corrected chi connectivity index (χ0v) is 14.9. The fraction of sp³-hybridized carbons (Fsp3) is 1.00. The molecule has 2 bridgehead atoms. The second-order valence-corrected chi connectivity index (χ2v) is 8.96. The topological polar surface area (TPSA) is 40.2 Å². The highest BCUT2D eigenvalue weighted by molar-refractivity contribution is 5.05. The van der Waals surface area contributed by atoms with E-state index in [1.807, 2.05) is 0 Å². The van der Waals surface area contributed by atoms with Crippen molar-refractivity contribution in [2.45, 2.75) is 63.9 Å². The number of hydrogen-bond acceptors (Lipinski definition) is 4. The number of hydrogen-bond donors (Lipinski definition) is 0. The van der Waals surface area contributed by atoms with Crippen LogP contribution in [0.25, 0.3) is 0 Å². The van der Waals surface area contributed by atoms with Gasteiger partial charge >= 0.3 is 0 Å². The first-order chi connectivity index (χ1) is 11.8. The normalized spacial score (nSPS) is 49.9. The van der Waals surface area contributed by atoms with E-state index < -0.39 is 0 Å². The molecular formula is C20H32O4. The van der Waals surface area contributed by atoms with Gasteiger partial charge in [-0.25, -0.2) is 0 Å². The standard InChI is InChI=1S/C20H32O4/c1-12(24-20-3-5-22-20)14-7-18-15-6-13(17(9-15)19(18)8-14)2-4-21-10-16-11-23-16/h12-20H,2-11H2,1H3. The van der Waals surface area contributed by atoms with Gasteiger partial charge in [-0.1, -0.05) is 0 Å². The number of ether oxygens (including phenoxy) is 4. The molecule has 2 saturated heterocycles. The lowest BCUT2D eigenvalue weighted by Gasteiger charge is -2.32. The van der Waals surface area contributed by atoms with Crippen LogP contribution in [0.4, 0.5) is 0 Å². The van der Waals surface area contributed by atoms with Crippen LogP contribution in [-0.2, 0) is 18.9 Å². The molecule has 0 amide bonds.